The fraction of sp³-hybridized carbons (Fsp3) is 0.562. The van der Waals surface area contributed by atoms with Crippen molar-refractivity contribution in [3.63, 3.8) is 0 Å². The van der Waals surface area contributed by atoms with Gasteiger partial charge in [-0.05, 0) is 61.7 Å². The zero-order valence-corrected chi connectivity index (χ0v) is 14.7. The van der Waals surface area contributed by atoms with E-state index < -0.39 is 11.7 Å². The Balaban J connectivity index is 1.90. The number of para-hydroxylation sites is 1. The van der Waals surface area contributed by atoms with Crippen LogP contribution in [0.5, 0.6) is 0 Å². The van der Waals surface area contributed by atoms with Gasteiger partial charge in [-0.15, -0.1) is 0 Å². The largest absolute Gasteiger partial charge is 0.444 e. The maximum Gasteiger partial charge on any atom is 0.407 e. The number of hydrogen-bond donors (Lipinski definition) is 1. The summed E-state index contributed by atoms with van der Waals surface area (Å²) in [5.74, 6) is -0.229. The highest BCUT2D eigenvalue weighted by atomic mass is 79.9. The molecule has 1 fully saturated rings. The van der Waals surface area contributed by atoms with Crippen LogP contribution in [0, 0.1) is 5.82 Å². The van der Waals surface area contributed by atoms with E-state index in [0.29, 0.717) is 18.8 Å². The summed E-state index contributed by atoms with van der Waals surface area (Å²) in [6, 6.07) is 5.05. The summed E-state index contributed by atoms with van der Waals surface area (Å²) in [6.07, 6.45) is 1.14. The molecule has 0 radical (unpaired) electrons. The molecular formula is C16H22BrFN2O2. The minimum atomic E-state index is -0.497. The standard InChI is InChI=1S/C16H22BrFN2O2/c1-16(2,3)22-15(21)19-11-7-9-20(10-8-11)14-12(17)5-4-6-13(14)18/h4-6,11H,7-10H2,1-3H3,(H,19,21). The number of ether oxygens (including phenoxy) is 1. The fourth-order valence-corrected chi connectivity index (χ4v) is 3.11. The topological polar surface area (TPSA) is 41.6 Å². The quantitative estimate of drug-likeness (QED) is 0.850. The van der Waals surface area contributed by atoms with Crippen molar-refractivity contribution in [2.75, 3.05) is 18.0 Å². The van der Waals surface area contributed by atoms with Gasteiger partial charge in [-0.2, -0.15) is 0 Å². The Labute approximate surface area is 139 Å². The van der Waals surface area contributed by atoms with Crippen LogP contribution in [0.2, 0.25) is 0 Å². The lowest BCUT2D eigenvalue weighted by Crippen LogP contribution is -2.46. The van der Waals surface area contributed by atoms with E-state index in [1.165, 1.54) is 6.07 Å². The van der Waals surface area contributed by atoms with Crippen molar-refractivity contribution in [3.05, 3.63) is 28.5 Å². The molecule has 1 amide bonds. The summed E-state index contributed by atoms with van der Waals surface area (Å²) in [7, 11) is 0. The van der Waals surface area contributed by atoms with E-state index in [1.54, 1.807) is 6.07 Å². The highest BCUT2D eigenvalue weighted by Crippen LogP contribution is 2.31. The molecule has 22 heavy (non-hydrogen) atoms. The lowest BCUT2D eigenvalue weighted by atomic mass is 10.0. The van der Waals surface area contributed by atoms with Gasteiger partial charge in [-0.1, -0.05) is 6.07 Å². The Kier molecular flexibility index (Phi) is 5.32. The van der Waals surface area contributed by atoms with Gasteiger partial charge in [0.15, 0.2) is 0 Å². The third kappa shape index (κ3) is 4.60. The van der Waals surface area contributed by atoms with Crippen LogP contribution in [0.3, 0.4) is 0 Å². The first kappa shape index (κ1) is 17.1. The summed E-state index contributed by atoms with van der Waals surface area (Å²) >= 11 is 3.40. The van der Waals surface area contributed by atoms with Gasteiger partial charge in [0.1, 0.15) is 11.4 Å². The first-order chi connectivity index (χ1) is 10.3. The lowest BCUT2D eigenvalue weighted by Gasteiger charge is -2.34. The molecule has 1 N–H and O–H groups in total. The highest BCUT2D eigenvalue weighted by Gasteiger charge is 2.25. The Morgan fingerprint density at radius 3 is 2.55 bits per heavy atom. The van der Waals surface area contributed by atoms with Gasteiger partial charge in [0.2, 0.25) is 0 Å². The van der Waals surface area contributed by atoms with Crippen LogP contribution in [0.25, 0.3) is 0 Å². The molecule has 0 atom stereocenters. The van der Waals surface area contributed by atoms with E-state index >= 15 is 0 Å². The van der Waals surface area contributed by atoms with Gasteiger partial charge in [-0.25, -0.2) is 9.18 Å². The van der Waals surface area contributed by atoms with Crippen LogP contribution in [0.1, 0.15) is 33.6 Å². The van der Waals surface area contributed by atoms with Crippen molar-refractivity contribution in [2.24, 2.45) is 0 Å². The molecule has 6 heteroatoms. The number of amides is 1. The van der Waals surface area contributed by atoms with E-state index in [4.69, 9.17) is 4.74 Å². The molecule has 0 unspecified atom stereocenters. The summed E-state index contributed by atoms with van der Waals surface area (Å²) in [6.45, 7) is 6.90. The smallest absolute Gasteiger partial charge is 0.407 e. The van der Waals surface area contributed by atoms with E-state index in [2.05, 4.69) is 21.2 Å². The van der Waals surface area contributed by atoms with Crippen molar-refractivity contribution in [3.8, 4) is 0 Å². The minimum absolute atomic E-state index is 0.0663. The van der Waals surface area contributed by atoms with Crippen molar-refractivity contribution in [1.29, 1.82) is 0 Å². The second-order valence-corrected chi connectivity index (χ2v) is 7.33. The monoisotopic (exact) mass is 372 g/mol. The van der Waals surface area contributed by atoms with Crippen LogP contribution < -0.4 is 10.2 Å². The second kappa shape index (κ2) is 6.86. The Bertz CT molecular complexity index is 517. The zero-order chi connectivity index (χ0) is 16.3. The maximum absolute atomic E-state index is 14.0. The SMILES string of the molecule is CC(C)(C)OC(=O)NC1CCN(c2c(F)cccc2Br)CC1. The van der Waals surface area contributed by atoms with Crippen LogP contribution in [0.15, 0.2) is 22.7 Å². The molecule has 0 bridgehead atoms. The number of alkyl carbamates (subject to hydrolysis) is 1. The van der Waals surface area contributed by atoms with Crippen LogP contribution in [-0.2, 0) is 4.74 Å². The predicted octanol–water partition coefficient (Wildman–Crippen LogP) is 4.08. The fourth-order valence-electron chi connectivity index (χ4n) is 2.51. The number of carbonyl (C=O) groups is 1. The van der Waals surface area contributed by atoms with Gasteiger partial charge in [-0.3, -0.25) is 0 Å². The molecule has 2 rings (SSSR count). The zero-order valence-electron chi connectivity index (χ0n) is 13.2. The average Bonchev–Trinajstić information content (AvgIpc) is 2.38. The molecule has 1 aliphatic heterocycles. The Hall–Kier alpha value is -1.30. The predicted molar refractivity (Wildman–Crippen MR) is 88.7 cm³/mol. The minimum Gasteiger partial charge on any atom is -0.444 e. The maximum atomic E-state index is 14.0. The van der Waals surface area contributed by atoms with Crippen molar-refractivity contribution in [2.45, 2.75) is 45.3 Å². The van der Waals surface area contributed by atoms with Gasteiger partial charge < -0.3 is 15.0 Å². The molecule has 1 aromatic rings. The summed E-state index contributed by atoms with van der Waals surface area (Å²) in [4.78, 5) is 13.8. The Morgan fingerprint density at radius 1 is 1.36 bits per heavy atom. The molecule has 0 aliphatic carbocycles. The molecular weight excluding hydrogens is 351 g/mol. The number of halogens is 2. The van der Waals surface area contributed by atoms with Crippen LogP contribution in [0.4, 0.5) is 14.9 Å². The molecule has 0 spiro atoms. The molecule has 0 saturated carbocycles. The molecule has 0 aromatic heterocycles. The molecule has 4 nitrogen and oxygen atoms in total. The van der Waals surface area contributed by atoms with Gasteiger partial charge >= 0.3 is 6.09 Å². The Morgan fingerprint density at radius 2 is 2.00 bits per heavy atom. The number of hydrogen-bond acceptors (Lipinski definition) is 3. The number of carbonyl (C=O) groups excluding carboxylic acids is 1. The highest BCUT2D eigenvalue weighted by molar-refractivity contribution is 9.10. The summed E-state index contributed by atoms with van der Waals surface area (Å²) in [5.41, 5.74) is 0.0984. The first-order valence-corrected chi connectivity index (χ1v) is 8.24. The van der Waals surface area contributed by atoms with E-state index in [0.717, 1.165) is 17.3 Å². The van der Waals surface area contributed by atoms with Crippen LogP contribution in [-0.4, -0.2) is 30.8 Å². The third-order valence-electron chi connectivity index (χ3n) is 3.47. The number of nitrogens with one attached hydrogen (secondary N) is 1. The van der Waals surface area contributed by atoms with E-state index in [9.17, 15) is 9.18 Å². The molecule has 1 aromatic carbocycles. The third-order valence-corrected chi connectivity index (χ3v) is 4.11. The number of nitrogens with zero attached hydrogens (tertiary/aromatic N) is 1. The van der Waals surface area contributed by atoms with E-state index in [1.807, 2.05) is 31.7 Å². The van der Waals surface area contributed by atoms with Crippen molar-refractivity contribution < 1.29 is 13.9 Å². The lowest BCUT2D eigenvalue weighted by molar-refractivity contribution is 0.0497. The number of rotatable bonds is 2. The number of piperidine rings is 1. The number of benzene rings is 1. The summed E-state index contributed by atoms with van der Waals surface area (Å²) in [5, 5.41) is 2.88. The average molecular weight is 373 g/mol. The van der Waals surface area contributed by atoms with Gasteiger partial charge in [0.05, 0.1) is 5.69 Å². The van der Waals surface area contributed by atoms with Crippen LogP contribution >= 0.6 is 15.9 Å². The van der Waals surface area contributed by atoms with Crippen molar-refractivity contribution >= 4 is 27.7 Å². The first-order valence-electron chi connectivity index (χ1n) is 7.45. The van der Waals surface area contributed by atoms with Gasteiger partial charge in [0.25, 0.3) is 0 Å². The van der Waals surface area contributed by atoms with E-state index in [-0.39, 0.29) is 11.9 Å². The van der Waals surface area contributed by atoms with Crippen molar-refractivity contribution in [1.82, 2.24) is 5.32 Å². The molecule has 122 valence electrons. The molecule has 1 aliphatic rings. The summed E-state index contributed by atoms with van der Waals surface area (Å²) < 4.78 is 20.0. The molecule has 1 heterocycles. The number of anilines is 1. The normalized spacial score (nSPS) is 16.5. The molecule has 1 saturated heterocycles. The second-order valence-electron chi connectivity index (χ2n) is 6.48. The van der Waals surface area contributed by atoms with Gasteiger partial charge in [0, 0.05) is 23.6 Å².